The van der Waals surface area contributed by atoms with Crippen molar-refractivity contribution in [3.8, 4) is 0 Å². The van der Waals surface area contributed by atoms with E-state index < -0.39 is 11.0 Å². The highest BCUT2D eigenvalue weighted by atomic mass is 16.6. The molecule has 1 aromatic carbocycles. The first kappa shape index (κ1) is 24.7. The summed E-state index contributed by atoms with van der Waals surface area (Å²) >= 11 is 0. The number of rotatable bonds is 8. The number of anilines is 2. The lowest BCUT2D eigenvalue weighted by molar-refractivity contribution is -0.384. The van der Waals surface area contributed by atoms with Gasteiger partial charge in [0.1, 0.15) is 11.9 Å². The van der Waals surface area contributed by atoms with Crippen LogP contribution >= 0.6 is 0 Å². The molecule has 1 heterocycles. The molecule has 0 bridgehead atoms. The van der Waals surface area contributed by atoms with Gasteiger partial charge < -0.3 is 20.7 Å². The van der Waals surface area contributed by atoms with E-state index in [1.165, 1.54) is 24.1 Å². The molecule has 1 saturated carbocycles. The maximum Gasteiger partial charge on any atom is 0.404 e. The second-order valence-corrected chi connectivity index (χ2v) is 9.76. The number of carbonyl (C=O) groups excluding carboxylic acids is 1. The molecule has 0 spiro atoms. The highest BCUT2D eigenvalue weighted by molar-refractivity contribution is 5.64. The van der Waals surface area contributed by atoms with Crippen molar-refractivity contribution in [3.05, 3.63) is 51.2 Å². The quantitative estimate of drug-likeness (QED) is 0.425. The molecule has 1 fully saturated rings. The van der Waals surface area contributed by atoms with Gasteiger partial charge in [0.25, 0.3) is 5.69 Å². The van der Waals surface area contributed by atoms with Crippen molar-refractivity contribution >= 4 is 23.5 Å². The van der Waals surface area contributed by atoms with Gasteiger partial charge >= 0.3 is 6.09 Å². The van der Waals surface area contributed by atoms with E-state index in [0.29, 0.717) is 12.4 Å². The molecular weight excluding hydrogens is 448 g/mol. The lowest BCUT2D eigenvalue weighted by Crippen LogP contribution is -2.36. The zero-order valence-corrected chi connectivity index (χ0v) is 20.4. The number of carbonyl (C=O) groups is 1. The van der Waals surface area contributed by atoms with Crippen LogP contribution in [-0.4, -0.2) is 47.2 Å². The summed E-state index contributed by atoms with van der Waals surface area (Å²) in [6, 6.07) is 6.60. The molecule has 0 aliphatic heterocycles. The summed E-state index contributed by atoms with van der Waals surface area (Å²) in [6.07, 6.45) is 7.24. The number of nitrogens with zero attached hydrogens (tertiary/aromatic N) is 4. The number of nitrogens with two attached hydrogens (primary N) is 1. The SMILES string of the molecule is CN(C)c1nc(N[C@H]2CC[C@@H](C(Cc3ccc([N+](=O)[O-])cc3)OC(N)=O)CC2)nc2c1CCCC2. The molecule has 1 atom stereocenters. The summed E-state index contributed by atoms with van der Waals surface area (Å²) in [5.74, 6) is 1.86. The van der Waals surface area contributed by atoms with Crippen molar-refractivity contribution < 1.29 is 14.5 Å². The monoisotopic (exact) mass is 482 g/mol. The summed E-state index contributed by atoms with van der Waals surface area (Å²) in [4.78, 5) is 33.8. The number of aromatic nitrogens is 2. The third-order valence-electron chi connectivity index (χ3n) is 7.07. The Labute approximate surface area is 205 Å². The van der Waals surface area contributed by atoms with Gasteiger partial charge in [-0.25, -0.2) is 9.78 Å². The van der Waals surface area contributed by atoms with E-state index >= 15 is 0 Å². The van der Waals surface area contributed by atoms with Crippen molar-refractivity contribution in [2.75, 3.05) is 24.3 Å². The summed E-state index contributed by atoms with van der Waals surface area (Å²) in [7, 11) is 4.05. The van der Waals surface area contributed by atoms with E-state index in [9.17, 15) is 14.9 Å². The minimum atomic E-state index is -0.796. The Morgan fingerprint density at radius 2 is 1.86 bits per heavy atom. The minimum Gasteiger partial charge on any atom is -0.446 e. The van der Waals surface area contributed by atoms with Gasteiger partial charge in [0.2, 0.25) is 5.95 Å². The summed E-state index contributed by atoms with van der Waals surface area (Å²) in [6.45, 7) is 0. The first-order chi connectivity index (χ1) is 16.8. The van der Waals surface area contributed by atoms with Crippen LogP contribution in [0.5, 0.6) is 0 Å². The Morgan fingerprint density at radius 3 is 2.49 bits per heavy atom. The molecule has 1 amide bonds. The highest BCUT2D eigenvalue weighted by Gasteiger charge is 2.31. The van der Waals surface area contributed by atoms with Crippen molar-refractivity contribution in [1.29, 1.82) is 0 Å². The van der Waals surface area contributed by atoms with Crippen LogP contribution in [-0.2, 0) is 24.0 Å². The Hall–Kier alpha value is -3.43. The van der Waals surface area contributed by atoms with Gasteiger partial charge in [0.15, 0.2) is 0 Å². The second kappa shape index (κ2) is 10.9. The maximum atomic E-state index is 11.6. The standard InChI is InChI=1S/C25H34N6O4/c1-30(2)23-20-5-3-4-6-21(20)28-25(29-23)27-18-11-9-17(10-12-18)22(35-24(26)32)15-16-7-13-19(14-8-16)31(33)34/h7-8,13-14,17-18,22H,3-6,9-12,15H2,1-2H3,(H2,26,32)(H,27,28,29)/t17-,18+,22?. The van der Waals surface area contributed by atoms with Gasteiger partial charge in [-0.1, -0.05) is 12.1 Å². The molecule has 10 nitrogen and oxygen atoms in total. The fourth-order valence-electron chi connectivity index (χ4n) is 5.27. The summed E-state index contributed by atoms with van der Waals surface area (Å²) in [5.41, 5.74) is 8.70. The number of nitrogens with one attached hydrogen (secondary N) is 1. The van der Waals surface area contributed by atoms with Crippen LogP contribution in [0.3, 0.4) is 0 Å². The molecule has 188 valence electrons. The van der Waals surface area contributed by atoms with Crippen LogP contribution in [0.25, 0.3) is 0 Å². The van der Waals surface area contributed by atoms with E-state index in [2.05, 4.69) is 10.2 Å². The molecule has 0 saturated heterocycles. The summed E-state index contributed by atoms with van der Waals surface area (Å²) in [5, 5.41) is 14.5. The zero-order valence-electron chi connectivity index (χ0n) is 20.4. The van der Waals surface area contributed by atoms with Crippen LogP contribution in [0.1, 0.15) is 55.3 Å². The van der Waals surface area contributed by atoms with E-state index in [-0.39, 0.29) is 23.8 Å². The van der Waals surface area contributed by atoms with Crippen LogP contribution in [0, 0.1) is 16.0 Å². The number of nitro groups is 1. The summed E-state index contributed by atoms with van der Waals surface area (Å²) < 4.78 is 5.48. The largest absolute Gasteiger partial charge is 0.446 e. The molecule has 35 heavy (non-hydrogen) atoms. The van der Waals surface area contributed by atoms with Crippen LogP contribution in [0.4, 0.5) is 22.2 Å². The smallest absolute Gasteiger partial charge is 0.404 e. The maximum absolute atomic E-state index is 11.6. The van der Waals surface area contributed by atoms with Crippen molar-refractivity contribution in [3.63, 3.8) is 0 Å². The average Bonchev–Trinajstić information content (AvgIpc) is 2.83. The number of non-ortho nitro benzene ring substituents is 1. The lowest BCUT2D eigenvalue weighted by Gasteiger charge is -2.34. The van der Waals surface area contributed by atoms with Crippen molar-refractivity contribution in [2.24, 2.45) is 11.7 Å². The van der Waals surface area contributed by atoms with Crippen molar-refractivity contribution in [1.82, 2.24) is 9.97 Å². The van der Waals surface area contributed by atoms with Crippen molar-refractivity contribution in [2.45, 2.75) is 69.9 Å². The van der Waals surface area contributed by atoms with Gasteiger partial charge in [0.05, 0.1) is 10.6 Å². The highest BCUT2D eigenvalue weighted by Crippen LogP contribution is 2.33. The Bertz CT molecular complexity index is 1050. The van der Waals surface area contributed by atoms with Gasteiger partial charge in [0, 0.05) is 44.3 Å². The van der Waals surface area contributed by atoms with Gasteiger partial charge in [-0.05, 0) is 62.8 Å². The first-order valence-corrected chi connectivity index (χ1v) is 12.3. The molecular formula is C25H34N6O4. The van der Waals surface area contributed by atoms with E-state index in [4.69, 9.17) is 20.4 Å². The van der Waals surface area contributed by atoms with E-state index in [1.54, 1.807) is 12.1 Å². The zero-order chi connectivity index (χ0) is 24.9. The average molecular weight is 483 g/mol. The normalized spacial score (nSPS) is 20.4. The minimum absolute atomic E-state index is 0.0366. The van der Waals surface area contributed by atoms with Gasteiger partial charge in [-0.15, -0.1) is 0 Å². The Morgan fingerprint density at radius 1 is 1.17 bits per heavy atom. The number of hydrogen-bond donors (Lipinski definition) is 2. The van der Waals surface area contributed by atoms with Gasteiger partial charge in [-0.3, -0.25) is 10.1 Å². The van der Waals surface area contributed by atoms with Crippen LogP contribution in [0.15, 0.2) is 24.3 Å². The predicted molar refractivity (Wildman–Crippen MR) is 134 cm³/mol. The van der Waals surface area contributed by atoms with E-state index in [1.807, 2.05) is 14.1 Å². The number of hydrogen-bond acceptors (Lipinski definition) is 8. The Kier molecular flexibility index (Phi) is 7.67. The molecule has 0 radical (unpaired) electrons. The predicted octanol–water partition coefficient (Wildman–Crippen LogP) is 4.01. The molecule has 2 aromatic rings. The third-order valence-corrected chi connectivity index (χ3v) is 7.07. The number of fused-ring (bicyclic) bond motifs is 1. The number of aryl methyl sites for hydroxylation is 1. The molecule has 2 aliphatic rings. The first-order valence-electron chi connectivity index (χ1n) is 12.3. The molecule has 3 N–H and O–H groups in total. The van der Waals surface area contributed by atoms with Crippen LogP contribution in [0.2, 0.25) is 0 Å². The fourth-order valence-corrected chi connectivity index (χ4v) is 5.27. The number of ether oxygens (including phenoxy) is 1. The molecule has 4 rings (SSSR count). The van der Waals surface area contributed by atoms with Crippen LogP contribution < -0.4 is 16.0 Å². The third kappa shape index (κ3) is 6.17. The van der Waals surface area contributed by atoms with E-state index in [0.717, 1.165) is 62.0 Å². The molecule has 2 aliphatic carbocycles. The lowest BCUT2D eigenvalue weighted by atomic mass is 9.81. The Balaban J connectivity index is 1.39. The number of primary amides is 1. The number of nitro benzene ring substituents is 1. The molecule has 10 heteroatoms. The second-order valence-electron chi connectivity index (χ2n) is 9.76. The topological polar surface area (TPSA) is 137 Å². The number of amides is 1. The van der Waals surface area contributed by atoms with Gasteiger partial charge in [-0.2, -0.15) is 4.98 Å². The number of benzene rings is 1. The fraction of sp³-hybridized carbons (Fsp3) is 0.560. The molecule has 1 unspecified atom stereocenters. The molecule has 1 aromatic heterocycles.